The number of esters is 1. The number of halogens is 1. The van der Waals surface area contributed by atoms with Crippen molar-refractivity contribution < 1.29 is 19.1 Å². The van der Waals surface area contributed by atoms with Gasteiger partial charge in [-0.2, -0.15) is 0 Å². The fourth-order valence-electron chi connectivity index (χ4n) is 3.12. The average molecular weight is 452 g/mol. The van der Waals surface area contributed by atoms with Gasteiger partial charge in [-0.05, 0) is 63.8 Å². The number of carbonyl (C=O) groups is 2. The van der Waals surface area contributed by atoms with Crippen molar-refractivity contribution in [2.45, 2.75) is 46.1 Å². The summed E-state index contributed by atoms with van der Waals surface area (Å²) in [5, 5.41) is 3.47. The number of hydrogen-bond donors (Lipinski definition) is 1. The molecule has 5 nitrogen and oxygen atoms in total. The van der Waals surface area contributed by atoms with E-state index in [4.69, 9.17) is 9.47 Å². The van der Waals surface area contributed by atoms with Gasteiger partial charge < -0.3 is 14.8 Å². The van der Waals surface area contributed by atoms with E-state index < -0.39 is 0 Å². The van der Waals surface area contributed by atoms with Gasteiger partial charge in [0.25, 0.3) is 5.91 Å². The van der Waals surface area contributed by atoms with Gasteiger partial charge in [-0.1, -0.05) is 15.9 Å². The summed E-state index contributed by atoms with van der Waals surface area (Å²) in [7, 11) is 0. The van der Waals surface area contributed by atoms with Crippen molar-refractivity contribution in [2.75, 3.05) is 11.9 Å². The Kier molecular flexibility index (Phi) is 6.22. The van der Waals surface area contributed by atoms with Crippen LogP contribution in [-0.4, -0.2) is 24.6 Å². The number of carbonyl (C=O) groups excluding carboxylic acids is 2. The van der Waals surface area contributed by atoms with Gasteiger partial charge in [0.1, 0.15) is 10.8 Å². The number of amides is 1. The number of ether oxygens (including phenoxy) is 2. The molecular formula is C20H22BrNO4S. The highest BCUT2D eigenvalue weighted by molar-refractivity contribution is 9.10. The lowest BCUT2D eigenvalue weighted by atomic mass is 10.1. The predicted molar refractivity (Wildman–Crippen MR) is 110 cm³/mol. The van der Waals surface area contributed by atoms with Crippen LogP contribution in [0.3, 0.4) is 0 Å². The highest BCUT2D eigenvalue weighted by atomic mass is 79.9. The van der Waals surface area contributed by atoms with Crippen molar-refractivity contribution in [3.05, 3.63) is 44.2 Å². The smallest absolute Gasteiger partial charge is 0.341 e. The lowest BCUT2D eigenvalue weighted by Gasteiger charge is -2.15. The van der Waals surface area contributed by atoms with Gasteiger partial charge in [-0.15, -0.1) is 11.3 Å². The highest BCUT2D eigenvalue weighted by Crippen LogP contribution is 2.40. The van der Waals surface area contributed by atoms with E-state index in [1.165, 1.54) is 11.3 Å². The first-order valence-electron chi connectivity index (χ1n) is 9.00. The lowest BCUT2D eigenvalue weighted by molar-refractivity contribution is 0.0527. The molecule has 1 aliphatic rings. The molecule has 1 aliphatic carbocycles. The maximum Gasteiger partial charge on any atom is 0.341 e. The molecule has 7 heteroatoms. The molecule has 0 fully saturated rings. The van der Waals surface area contributed by atoms with E-state index in [0.29, 0.717) is 28.5 Å². The zero-order chi connectivity index (χ0) is 19.6. The monoisotopic (exact) mass is 451 g/mol. The quantitative estimate of drug-likeness (QED) is 0.611. The molecule has 0 aliphatic heterocycles. The summed E-state index contributed by atoms with van der Waals surface area (Å²) >= 11 is 4.87. The Morgan fingerprint density at radius 2 is 2.07 bits per heavy atom. The maximum absolute atomic E-state index is 13.0. The second-order valence-electron chi connectivity index (χ2n) is 6.54. The molecule has 0 saturated carbocycles. The summed E-state index contributed by atoms with van der Waals surface area (Å²) in [4.78, 5) is 26.6. The van der Waals surface area contributed by atoms with Gasteiger partial charge in [-0.25, -0.2) is 4.79 Å². The van der Waals surface area contributed by atoms with Crippen molar-refractivity contribution in [3.8, 4) is 5.75 Å². The van der Waals surface area contributed by atoms with Crippen LogP contribution in [0.1, 0.15) is 58.3 Å². The van der Waals surface area contributed by atoms with Gasteiger partial charge in [-0.3, -0.25) is 4.79 Å². The number of anilines is 1. The SMILES string of the molecule is CCOC(=O)c1c(NC(=O)c2cc(Br)ccc2OC(C)C)sc2c1CCC2. The summed E-state index contributed by atoms with van der Waals surface area (Å²) < 4.78 is 11.8. The molecule has 0 radical (unpaired) electrons. The number of rotatable bonds is 6. The standard InChI is InChI=1S/C20H22BrNO4S/c1-4-25-20(24)17-13-6-5-7-16(13)27-19(17)22-18(23)14-10-12(21)8-9-15(14)26-11(2)3/h8-11H,4-7H2,1-3H3,(H,22,23). The molecule has 144 valence electrons. The van der Waals surface area contributed by atoms with E-state index in [9.17, 15) is 9.59 Å². The molecule has 1 N–H and O–H groups in total. The minimum absolute atomic E-state index is 0.0571. The normalized spacial score (nSPS) is 12.8. The number of fused-ring (bicyclic) bond motifs is 1. The fourth-order valence-corrected chi connectivity index (χ4v) is 4.75. The van der Waals surface area contributed by atoms with Gasteiger partial charge in [0.15, 0.2) is 0 Å². The number of benzene rings is 1. The number of aryl methyl sites for hydroxylation is 1. The number of hydrogen-bond acceptors (Lipinski definition) is 5. The predicted octanol–water partition coefficient (Wildman–Crippen LogP) is 5.22. The van der Waals surface area contributed by atoms with E-state index in [-0.39, 0.29) is 18.0 Å². The fraction of sp³-hybridized carbons (Fsp3) is 0.400. The van der Waals surface area contributed by atoms with Crippen molar-refractivity contribution in [1.29, 1.82) is 0 Å². The average Bonchev–Trinajstić information content (AvgIpc) is 3.16. The third kappa shape index (κ3) is 4.35. The van der Waals surface area contributed by atoms with Crippen molar-refractivity contribution in [2.24, 2.45) is 0 Å². The molecular weight excluding hydrogens is 430 g/mol. The summed E-state index contributed by atoms with van der Waals surface area (Å²) in [5.41, 5.74) is 1.94. The Labute approximate surface area is 171 Å². The van der Waals surface area contributed by atoms with E-state index >= 15 is 0 Å². The summed E-state index contributed by atoms with van der Waals surface area (Å²) in [5.74, 6) is -0.176. The Balaban J connectivity index is 1.93. The van der Waals surface area contributed by atoms with E-state index in [1.54, 1.807) is 19.1 Å². The molecule has 3 rings (SSSR count). The lowest BCUT2D eigenvalue weighted by Crippen LogP contribution is -2.17. The van der Waals surface area contributed by atoms with Crippen molar-refractivity contribution in [3.63, 3.8) is 0 Å². The first-order valence-corrected chi connectivity index (χ1v) is 10.6. The number of nitrogens with one attached hydrogen (secondary N) is 1. The number of thiophene rings is 1. The molecule has 0 saturated heterocycles. The molecule has 0 bridgehead atoms. The van der Waals surface area contributed by atoms with Crippen LogP contribution in [0.2, 0.25) is 0 Å². The van der Waals surface area contributed by atoms with Crippen LogP contribution in [0, 0.1) is 0 Å². The first kappa shape index (κ1) is 19.9. The zero-order valence-electron chi connectivity index (χ0n) is 15.6. The molecule has 27 heavy (non-hydrogen) atoms. The second-order valence-corrected chi connectivity index (χ2v) is 8.56. The van der Waals surface area contributed by atoms with E-state index in [2.05, 4.69) is 21.2 Å². The van der Waals surface area contributed by atoms with Crippen molar-refractivity contribution in [1.82, 2.24) is 0 Å². The molecule has 1 aromatic heterocycles. The topological polar surface area (TPSA) is 64.6 Å². The van der Waals surface area contributed by atoms with Crippen LogP contribution in [0.5, 0.6) is 5.75 Å². The third-order valence-electron chi connectivity index (χ3n) is 4.18. The third-order valence-corrected chi connectivity index (χ3v) is 5.88. The van der Waals surface area contributed by atoms with Gasteiger partial charge >= 0.3 is 5.97 Å². The summed E-state index contributed by atoms with van der Waals surface area (Å²) in [6, 6.07) is 5.32. The second kappa shape index (κ2) is 8.44. The van der Waals surface area contributed by atoms with Crippen LogP contribution >= 0.6 is 27.3 Å². The Morgan fingerprint density at radius 3 is 2.78 bits per heavy atom. The van der Waals surface area contributed by atoms with Crippen LogP contribution in [0.15, 0.2) is 22.7 Å². The molecule has 2 aromatic rings. The van der Waals surface area contributed by atoms with Crippen LogP contribution in [0.4, 0.5) is 5.00 Å². The molecule has 0 atom stereocenters. The van der Waals surface area contributed by atoms with Crippen LogP contribution < -0.4 is 10.1 Å². The molecule has 1 heterocycles. The summed E-state index contributed by atoms with van der Waals surface area (Å²) in [6.07, 6.45) is 2.74. The minimum atomic E-state index is -0.375. The Bertz CT molecular complexity index is 875. The minimum Gasteiger partial charge on any atom is -0.490 e. The summed E-state index contributed by atoms with van der Waals surface area (Å²) in [6.45, 7) is 5.90. The molecule has 1 amide bonds. The zero-order valence-corrected chi connectivity index (χ0v) is 18.0. The van der Waals surface area contributed by atoms with E-state index in [1.807, 2.05) is 19.9 Å². The largest absolute Gasteiger partial charge is 0.490 e. The van der Waals surface area contributed by atoms with Gasteiger partial charge in [0.05, 0.1) is 23.8 Å². The van der Waals surface area contributed by atoms with E-state index in [0.717, 1.165) is 34.2 Å². The maximum atomic E-state index is 13.0. The Hall–Kier alpha value is -1.86. The first-order chi connectivity index (χ1) is 12.9. The molecule has 0 spiro atoms. The Morgan fingerprint density at radius 1 is 1.30 bits per heavy atom. The van der Waals surface area contributed by atoms with Crippen molar-refractivity contribution >= 4 is 44.1 Å². The van der Waals surface area contributed by atoms with Gasteiger partial charge in [0.2, 0.25) is 0 Å². The molecule has 1 aromatic carbocycles. The van der Waals surface area contributed by atoms with Crippen LogP contribution in [0.25, 0.3) is 0 Å². The van der Waals surface area contributed by atoms with Gasteiger partial charge in [0, 0.05) is 9.35 Å². The highest BCUT2D eigenvalue weighted by Gasteiger charge is 2.29. The molecule has 0 unspecified atom stereocenters. The van der Waals surface area contributed by atoms with Crippen LogP contribution in [-0.2, 0) is 17.6 Å².